The van der Waals surface area contributed by atoms with Gasteiger partial charge in [-0.2, -0.15) is 0 Å². The van der Waals surface area contributed by atoms with Crippen LogP contribution in [0.1, 0.15) is 33.3 Å². The molecule has 0 spiro atoms. The maximum atomic E-state index is 3.85. The molecule has 0 heterocycles. The van der Waals surface area contributed by atoms with Gasteiger partial charge >= 0.3 is 0 Å². The summed E-state index contributed by atoms with van der Waals surface area (Å²) in [5.41, 5.74) is 9.06. The van der Waals surface area contributed by atoms with Crippen LogP contribution in [-0.2, 0) is 0 Å². The average Bonchev–Trinajstić information content (AvgIpc) is 2.63. The molecule has 0 aliphatic heterocycles. The van der Waals surface area contributed by atoms with Crippen LogP contribution in [0.3, 0.4) is 0 Å². The molecule has 0 fully saturated rings. The highest BCUT2D eigenvalue weighted by Gasteiger charge is 2.39. The molecule has 1 N–H and O–H groups in total. The fraction of sp³-hybridized carbons (Fsp3) is 0.368. The van der Waals surface area contributed by atoms with Crippen LogP contribution in [-0.4, -0.2) is 8.24 Å². The highest BCUT2D eigenvalue weighted by molar-refractivity contribution is 6.83. The second-order valence-corrected chi connectivity index (χ2v) is 11.0. The Balaban J connectivity index is 2.28. The fourth-order valence-electron chi connectivity index (χ4n) is 3.58. The number of rotatable bonds is 4. The molecule has 112 valence electrons. The number of hydrogen-bond acceptors (Lipinski definition) is 1. The van der Waals surface area contributed by atoms with Crippen LogP contribution >= 0.6 is 0 Å². The molecule has 0 atom stereocenters. The standard InChI is InChI=1S/C19H27NSi/c1-8-17-9-11-18(12-10-17)20-21(6,7)19-15(4)13(2)14(3)16(19)5/h8-12,19-20H,1H2,2-7H3. The molecule has 0 saturated carbocycles. The average molecular weight is 298 g/mol. The van der Waals surface area contributed by atoms with Crippen molar-refractivity contribution in [2.75, 3.05) is 4.98 Å². The van der Waals surface area contributed by atoms with E-state index in [1.165, 1.54) is 22.4 Å². The minimum atomic E-state index is -1.64. The van der Waals surface area contributed by atoms with E-state index in [1.54, 1.807) is 11.1 Å². The molecule has 0 bridgehead atoms. The Kier molecular flexibility index (Phi) is 4.29. The number of anilines is 1. The summed E-state index contributed by atoms with van der Waals surface area (Å²) in [6.45, 7) is 17.8. The lowest BCUT2D eigenvalue weighted by atomic mass is 10.1. The smallest absolute Gasteiger partial charge is 0.158 e. The van der Waals surface area contributed by atoms with Gasteiger partial charge in [0.25, 0.3) is 0 Å². The molecule has 0 radical (unpaired) electrons. The molecule has 1 aromatic carbocycles. The van der Waals surface area contributed by atoms with Gasteiger partial charge in [0.05, 0.1) is 0 Å². The Morgan fingerprint density at radius 1 is 0.952 bits per heavy atom. The van der Waals surface area contributed by atoms with Crippen molar-refractivity contribution >= 4 is 20.0 Å². The van der Waals surface area contributed by atoms with Crippen molar-refractivity contribution in [1.82, 2.24) is 0 Å². The molecule has 1 aliphatic carbocycles. The van der Waals surface area contributed by atoms with Gasteiger partial charge in [0, 0.05) is 11.2 Å². The van der Waals surface area contributed by atoms with E-state index in [4.69, 9.17) is 0 Å². The first-order valence-corrected chi connectivity index (χ1v) is 10.7. The fourth-order valence-corrected chi connectivity index (χ4v) is 7.23. The van der Waals surface area contributed by atoms with Gasteiger partial charge < -0.3 is 4.98 Å². The first kappa shape index (κ1) is 15.8. The molecule has 1 aliphatic rings. The summed E-state index contributed by atoms with van der Waals surface area (Å²) in [6, 6.07) is 8.57. The lowest BCUT2D eigenvalue weighted by Crippen LogP contribution is -2.42. The number of nitrogens with one attached hydrogen (secondary N) is 1. The van der Waals surface area contributed by atoms with Gasteiger partial charge in [0.1, 0.15) is 0 Å². The van der Waals surface area contributed by atoms with Crippen molar-refractivity contribution in [3.8, 4) is 0 Å². The van der Waals surface area contributed by atoms with Crippen LogP contribution in [0.25, 0.3) is 6.08 Å². The van der Waals surface area contributed by atoms with E-state index in [1.807, 2.05) is 6.08 Å². The Morgan fingerprint density at radius 3 is 1.86 bits per heavy atom. The Bertz CT molecular complexity index is 593. The van der Waals surface area contributed by atoms with Crippen LogP contribution < -0.4 is 4.98 Å². The topological polar surface area (TPSA) is 12.0 Å². The van der Waals surface area contributed by atoms with Gasteiger partial charge in [0.2, 0.25) is 0 Å². The van der Waals surface area contributed by atoms with Crippen LogP contribution in [0.4, 0.5) is 5.69 Å². The maximum absolute atomic E-state index is 3.85. The van der Waals surface area contributed by atoms with Gasteiger partial charge in [-0.1, -0.05) is 49.0 Å². The molecule has 0 aromatic heterocycles. The third kappa shape index (κ3) is 2.91. The highest BCUT2D eigenvalue weighted by Crippen LogP contribution is 2.46. The van der Waals surface area contributed by atoms with E-state index in [9.17, 15) is 0 Å². The Hall–Kier alpha value is -1.54. The Labute approximate surface area is 130 Å². The number of benzene rings is 1. The lowest BCUT2D eigenvalue weighted by molar-refractivity contribution is 1.07. The molecule has 2 rings (SSSR count). The predicted molar refractivity (Wildman–Crippen MR) is 98.1 cm³/mol. The molecular weight excluding hydrogens is 270 g/mol. The summed E-state index contributed by atoms with van der Waals surface area (Å²) in [5, 5.41) is 0. The van der Waals surface area contributed by atoms with Gasteiger partial charge in [-0.25, -0.2) is 0 Å². The quantitative estimate of drug-likeness (QED) is 0.672. The normalized spacial score (nSPS) is 16.7. The maximum Gasteiger partial charge on any atom is 0.158 e. The van der Waals surface area contributed by atoms with Gasteiger partial charge in [-0.05, 0) is 56.5 Å². The van der Waals surface area contributed by atoms with Gasteiger partial charge in [-0.3, -0.25) is 0 Å². The van der Waals surface area contributed by atoms with Crippen molar-refractivity contribution < 1.29 is 0 Å². The third-order valence-electron chi connectivity index (χ3n) is 4.95. The summed E-state index contributed by atoms with van der Waals surface area (Å²) in [5.74, 6) is 0. The van der Waals surface area contributed by atoms with E-state index in [2.05, 4.69) is 76.6 Å². The zero-order valence-electron chi connectivity index (χ0n) is 14.2. The van der Waals surface area contributed by atoms with E-state index < -0.39 is 8.24 Å². The van der Waals surface area contributed by atoms with Crippen molar-refractivity contribution in [1.29, 1.82) is 0 Å². The van der Waals surface area contributed by atoms with Gasteiger partial charge in [-0.15, -0.1) is 0 Å². The zero-order valence-corrected chi connectivity index (χ0v) is 15.2. The Morgan fingerprint density at radius 2 is 1.43 bits per heavy atom. The van der Waals surface area contributed by atoms with Crippen LogP contribution in [0, 0.1) is 0 Å². The van der Waals surface area contributed by atoms with E-state index in [0.29, 0.717) is 5.54 Å². The first-order valence-electron chi connectivity index (χ1n) is 7.63. The second-order valence-electron chi connectivity index (χ2n) is 6.72. The summed E-state index contributed by atoms with van der Waals surface area (Å²) < 4.78 is 0. The summed E-state index contributed by atoms with van der Waals surface area (Å²) in [7, 11) is -1.64. The summed E-state index contributed by atoms with van der Waals surface area (Å²) in [4.78, 5) is 3.85. The molecule has 21 heavy (non-hydrogen) atoms. The van der Waals surface area contributed by atoms with Crippen molar-refractivity contribution in [3.05, 3.63) is 58.7 Å². The largest absolute Gasteiger partial charge is 0.410 e. The van der Waals surface area contributed by atoms with Crippen molar-refractivity contribution in [2.24, 2.45) is 0 Å². The molecule has 0 amide bonds. The van der Waals surface area contributed by atoms with Crippen molar-refractivity contribution in [2.45, 2.75) is 46.3 Å². The van der Waals surface area contributed by atoms with E-state index in [-0.39, 0.29) is 0 Å². The van der Waals surface area contributed by atoms with Crippen LogP contribution in [0.15, 0.2) is 53.1 Å². The molecule has 2 heteroatoms. The van der Waals surface area contributed by atoms with E-state index >= 15 is 0 Å². The minimum Gasteiger partial charge on any atom is -0.410 e. The van der Waals surface area contributed by atoms with Crippen molar-refractivity contribution in [3.63, 3.8) is 0 Å². The second kappa shape index (κ2) is 5.68. The summed E-state index contributed by atoms with van der Waals surface area (Å²) >= 11 is 0. The minimum absolute atomic E-state index is 0.594. The van der Waals surface area contributed by atoms with Gasteiger partial charge in [0.15, 0.2) is 8.24 Å². The first-order chi connectivity index (χ1) is 9.77. The van der Waals surface area contributed by atoms with E-state index in [0.717, 1.165) is 0 Å². The summed E-state index contributed by atoms with van der Waals surface area (Å²) in [6.07, 6.45) is 1.88. The van der Waals surface area contributed by atoms with Crippen LogP contribution in [0.2, 0.25) is 18.6 Å². The lowest BCUT2D eigenvalue weighted by Gasteiger charge is -2.34. The third-order valence-corrected chi connectivity index (χ3v) is 8.19. The zero-order chi connectivity index (χ0) is 15.8. The highest BCUT2D eigenvalue weighted by atomic mass is 28.3. The number of hydrogen-bond donors (Lipinski definition) is 1. The molecular formula is C19H27NSi. The molecule has 1 aromatic rings. The van der Waals surface area contributed by atoms with Crippen LogP contribution in [0.5, 0.6) is 0 Å². The number of allylic oxidation sites excluding steroid dienone is 4. The predicted octanol–water partition coefficient (Wildman–Crippen LogP) is 6.00. The molecule has 0 saturated heterocycles. The SMILES string of the molecule is C=Cc1ccc(N[Si](C)(C)C2C(C)=C(C)C(C)=C2C)cc1. The molecule has 0 unspecified atom stereocenters. The monoisotopic (exact) mass is 297 g/mol. The molecule has 1 nitrogen and oxygen atoms in total.